The Morgan fingerprint density at radius 1 is 1.03 bits per heavy atom. The lowest BCUT2D eigenvalue weighted by Gasteiger charge is -2.17. The van der Waals surface area contributed by atoms with Crippen molar-refractivity contribution in [1.82, 2.24) is 4.90 Å². The number of nitrogens with one attached hydrogen (secondary N) is 1. The third-order valence-corrected chi connectivity index (χ3v) is 7.61. The standard InChI is InChI=1S/C29H28BrN3O5S/c1-3-38-28(36)20-6-10-23(11-7-20)32-29-33(17-16-19-4-14-24(37-2)15-5-19)27(35)25(39-29)18-26(34)31-22-12-8-21(30)9-13-22/h4-15,25H,3,16-18H2,1-2H3,(H,31,34)/t25-/m1/s1. The second kappa shape index (κ2) is 13.4. The number of carbonyl (C=O) groups excluding carboxylic acids is 3. The molecule has 0 radical (unpaired) electrons. The van der Waals surface area contributed by atoms with Crippen LogP contribution >= 0.6 is 27.7 Å². The van der Waals surface area contributed by atoms with Gasteiger partial charge in [-0.15, -0.1) is 0 Å². The van der Waals surface area contributed by atoms with Crippen LogP contribution in [-0.2, 0) is 20.7 Å². The number of hydrogen-bond acceptors (Lipinski definition) is 7. The molecule has 1 fully saturated rings. The van der Waals surface area contributed by atoms with Crippen molar-refractivity contribution in [2.24, 2.45) is 4.99 Å². The Hall–Kier alpha value is -3.63. The lowest BCUT2D eigenvalue weighted by Crippen LogP contribution is -2.35. The molecule has 8 nitrogen and oxygen atoms in total. The Bertz CT molecular complexity index is 1340. The van der Waals surface area contributed by atoms with Crippen LogP contribution in [0.25, 0.3) is 0 Å². The predicted molar refractivity (Wildman–Crippen MR) is 157 cm³/mol. The maximum Gasteiger partial charge on any atom is 0.338 e. The van der Waals surface area contributed by atoms with E-state index in [4.69, 9.17) is 14.5 Å². The topological polar surface area (TPSA) is 97.3 Å². The molecule has 1 heterocycles. The number of nitrogens with zero attached hydrogens (tertiary/aromatic N) is 2. The first kappa shape index (κ1) is 28.4. The minimum atomic E-state index is -0.603. The van der Waals surface area contributed by atoms with Crippen LogP contribution in [0, 0.1) is 0 Å². The van der Waals surface area contributed by atoms with Crippen molar-refractivity contribution >= 4 is 62.0 Å². The Morgan fingerprint density at radius 3 is 2.36 bits per heavy atom. The largest absolute Gasteiger partial charge is 0.497 e. The summed E-state index contributed by atoms with van der Waals surface area (Å²) in [5.74, 6) is -0.0586. The van der Waals surface area contributed by atoms with E-state index in [0.29, 0.717) is 41.7 Å². The van der Waals surface area contributed by atoms with Gasteiger partial charge in [0.2, 0.25) is 11.8 Å². The van der Waals surface area contributed by atoms with Gasteiger partial charge in [-0.05, 0) is 79.6 Å². The van der Waals surface area contributed by atoms with Crippen molar-refractivity contribution in [3.8, 4) is 5.75 Å². The quantitative estimate of drug-likeness (QED) is 0.290. The number of aliphatic imine (C=N–C) groups is 1. The zero-order valence-electron chi connectivity index (χ0n) is 21.6. The van der Waals surface area contributed by atoms with Gasteiger partial charge < -0.3 is 14.8 Å². The van der Waals surface area contributed by atoms with Gasteiger partial charge in [-0.25, -0.2) is 9.79 Å². The van der Waals surface area contributed by atoms with E-state index in [9.17, 15) is 14.4 Å². The first-order valence-electron chi connectivity index (χ1n) is 12.4. The average molecular weight is 611 g/mol. The van der Waals surface area contributed by atoms with E-state index in [1.54, 1.807) is 55.3 Å². The molecule has 0 bridgehead atoms. The normalized spacial score (nSPS) is 15.9. The summed E-state index contributed by atoms with van der Waals surface area (Å²) in [6, 6.07) is 21.6. The fourth-order valence-electron chi connectivity index (χ4n) is 3.87. The minimum absolute atomic E-state index is 0.0133. The summed E-state index contributed by atoms with van der Waals surface area (Å²) in [6.07, 6.45) is 0.619. The molecule has 10 heteroatoms. The molecular weight excluding hydrogens is 582 g/mol. The number of esters is 1. The molecule has 3 aromatic rings. The molecule has 3 aromatic carbocycles. The number of amidine groups is 1. The fourth-order valence-corrected chi connectivity index (χ4v) is 5.32. The first-order chi connectivity index (χ1) is 18.9. The monoisotopic (exact) mass is 609 g/mol. The van der Waals surface area contributed by atoms with Gasteiger partial charge in [-0.2, -0.15) is 0 Å². The van der Waals surface area contributed by atoms with Crippen LogP contribution in [0.15, 0.2) is 82.3 Å². The van der Waals surface area contributed by atoms with Crippen LogP contribution in [0.4, 0.5) is 11.4 Å². The molecule has 0 saturated carbocycles. The van der Waals surface area contributed by atoms with Crippen LogP contribution in [0.5, 0.6) is 5.75 Å². The van der Waals surface area contributed by atoms with Gasteiger partial charge in [0, 0.05) is 23.1 Å². The van der Waals surface area contributed by atoms with E-state index >= 15 is 0 Å². The molecule has 0 aliphatic carbocycles. The second-order valence-electron chi connectivity index (χ2n) is 8.62. The van der Waals surface area contributed by atoms with E-state index in [1.807, 2.05) is 36.4 Å². The second-order valence-corrected chi connectivity index (χ2v) is 10.7. The van der Waals surface area contributed by atoms with Gasteiger partial charge >= 0.3 is 5.97 Å². The van der Waals surface area contributed by atoms with Crippen LogP contribution in [0.1, 0.15) is 29.3 Å². The molecule has 0 aromatic heterocycles. The Balaban J connectivity index is 1.51. The van der Waals surface area contributed by atoms with Crippen molar-refractivity contribution in [2.45, 2.75) is 25.0 Å². The van der Waals surface area contributed by atoms with Crippen molar-refractivity contribution in [3.05, 3.63) is 88.4 Å². The number of amides is 2. The molecule has 1 aliphatic rings. The molecule has 1 atom stereocenters. The van der Waals surface area contributed by atoms with Gasteiger partial charge in [-0.3, -0.25) is 14.5 Å². The van der Waals surface area contributed by atoms with Gasteiger partial charge in [0.25, 0.3) is 0 Å². The number of ether oxygens (including phenoxy) is 2. The molecule has 1 saturated heterocycles. The van der Waals surface area contributed by atoms with E-state index in [-0.39, 0.29) is 18.2 Å². The fraction of sp³-hybridized carbons (Fsp3) is 0.241. The lowest BCUT2D eigenvalue weighted by atomic mass is 10.1. The summed E-state index contributed by atoms with van der Waals surface area (Å²) in [5.41, 5.74) is 2.72. The van der Waals surface area contributed by atoms with Crippen molar-refractivity contribution < 1.29 is 23.9 Å². The van der Waals surface area contributed by atoms with E-state index < -0.39 is 11.2 Å². The number of hydrogen-bond donors (Lipinski definition) is 1. The van der Waals surface area contributed by atoms with Crippen LogP contribution in [0.2, 0.25) is 0 Å². The number of anilines is 1. The third kappa shape index (κ3) is 7.70. The zero-order valence-corrected chi connectivity index (χ0v) is 24.0. The maximum absolute atomic E-state index is 13.4. The summed E-state index contributed by atoms with van der Waals surface area (Å²) < 4.78 is 11.2. The highest BCUT2D eigenvalue weighted by atomic mass is 79.9. The van der Waals surface area contributed by atoms with Gasteiger partial charge in [-0.1, -0.05) is 39.8 Å². The smallest absolute Gasteiger partial charge is 0.338 e. The maximum atomic E-state index is 13.4. The van der Waals surface area contributed by atoms with Crippen molar-refractivity contribution in [2.75, 3.05) is 25.6 Å². The summed E-state index contributed by atoms with van der Waals surface area (Å²) in [6.45, 7) is 2.45. The summed E-state index contributed by atoms with van der Waals surface area (Å²) in [7, 11) is 1.62. The van der Waals surface area contributed by atoms with E-state index in [1.165, 1.54) is 11.8 Å². The number of methoxy groups -OCH3 is 1. The average Bonchev–Trinajstić information content (AvgIpc) is 3.22. The summed E-state index contributed by atoms with van der Waals surface area (Å²) >= 11 is 4.65. The number of carbonyl (C=O) groups is 3. The van der Waals surface area contributed by atoms with Crippen LogP contribution in [-0.4, -0.2) is 53.4 Å². The predicted octanol–water partition coefficient (Wildman–Crippen LogP) is 5.84. The van der Waals surface area contributed by atoms with Crippen LogP contribution < -0.4 is 10.1 Å². The first-order valence-corrected chi connectivity index (χ1v) is 14.1. The summed E-state index contributed by atoms with van der Waals surface area (Å²) in [4.78, 5) is 44.5. The van der Waals surface area contributed by atoms with Crippen LogP contribution in [0.3, 0.4) is 0 Å². The highest BCUT2D eigenvalue weighted by Crippen LogP contribution is 2.32. The molecule has 39 heavy (non-hydrogen) atoms. The molecule has 202 valence electrons. The molecule has 2 amide bonds. The lowest BCUT2D eigenvalue weighted by molar-refractivity contribution is -0.128. The zero-order chi connectivity index (χ0) is 27.8. The number of thioether (sulfide) groups is 1. The van der Waals surface area contributed by atoms with E-state index in [0.717, 1.165) is 15.8 Å². The number of rotatable bonds is 10. The molecule has 4 rings (SSSR count). The highest BCUT2D eigenvalue weighted by molar-refractivity contribution is 9.10. The third-order valence-electron chi connectivity index (χ3n) is 5.91. The molecule has 0 unspecified atom stereocenters. The van der Waals surface area contributed by atoms with Gasteiger partial charge in [0.15, 0.2) is 5.17 Å². The van der Waals surface area contributed by atoms with Crippen molar-refractivity contribution in [1.29, 1.82) is 0 Å². The Kier molecular flexibility index (Phi) is 9.78. The van der Waals surface area contributed by atoms with Gasteiger partial charge in [0.05, 0.1) is 25.0 Å². The molecular formula is C29H28BrN3O5S. The molecule has 1 aliphatic heterocycles. The summed E-state index contributed by atoms with van der Waals surface area (Å²) in [5, 5.41) is 2.76. The SMILES string of the molecule is CCOC(=O)c1ccc(N=C2S[C@H](CC(=O)Nc3ccc(Br)cc3)C(=O)N2CCc2ccc(OC)cc2)cc1. The molecule has 0 spiro atoms. The van der Waals surface area contributed by atoms with Crippen molar-refractivity contribution in [3.63, 3.8) is 0 Å². The molecule has 1 N–H and O–H groups in total. The van der Waals surface area contributed by atoms with Gasteiger partial charge in [0.1, 0.15) is 11.0 Å². The number of halogens is 1. The Morgan fingerprint density at radius 2 is 1.72 bits per heavy atom. The highest BCUT2D eigenvalue weighted by Gasteiger charge is 2.39. The Labute approximate surface area is 239 Å². The minimum Gasteiger partial charge on any atom is -0.497 e. The number of benzene rings is 3. The van der Waals surface area contributed by atoms with E-state index in [2.05, 4.69) is 21.2 Å².